The van der Waals surface area contributed by atoms with E-state index < -0.39 is 5.97 Å². The molecule has 1 aromatic carbocycles. The lowest BCUT2D eigenvalue weighted by atomic mass is 10.2. The van der Waals surface area contributed by atoms with Gasteiger partial charge in [-0.3, -0.25) is 0 Å². The van der Waals surface area contributed by atoms with Crippen molar-refractivity contribution < 1.29 is 14.6 Å². The first-order chi connectivity index (χ1) is 9.49. The molecule has 0 amide bonds. The summed E-state index contributed by atoms with van der Waals surface area (Å²) in [6, 6.07) is 4.77. The molecule has 6 heteroatoms. The highest BCUT2D eigenvalue weighted by molar-refractivity contribution is 7.09. The third-order valence-corrected chi connectivity index (χ3v) is 4.14. The molecule has 1 N–H and O–H groups in total. The van der Waals surface area contributed by atoms with E-state index in [1.807, 2.05) is 5.38 Å². The van der Waals surface area contributed by atoms with Gasteiger partial charge in [-0.25, -0.2) is 9.78 Å². The predicted octanol–water partition coefficient (Wildman–Crippen LogP) is 4.20. The zero-order valence-corrected chi connectivity index (χ0v) is 12.7. The van der Waals surface area contributed by atoms with E-state index in [4.69, 9.17) is 21.4 Å². The summed E-state index contributed by atoms with van der Waals surface area (Å²) in [5.41, 5.74) is 0.767. The van der Waals surface area contributed by atoms with Crippen molar-refractivity contribution in [1.29, 1.82) is 0 Å². The Morgan fingerprint density at radius 3 is 2.85 bits per heavy atom. The monoisotopic (exact) mass is 311 g/mol. The Hall–Kier alpha value is -1.59. The second-order valence-electron chi connectivity index (χ2n) is 4.54. The molecule has 1 aromatic heterocycles. The summed E-state index contributed by atoms with van der Waals surface area (Å²) in [5.74, 6) is -0.481. The number of hydrogen-bond donors (Lipinski definition) is 1. The van der Waals surface area contributed by atoms with Crippen LogP contribution in [0, 0.1) is 0 Å². The molecule has 0 unspecified atom stereocenters. The van der Waals surface area contributed by atoms with Crippen LogP contribution in [0.5, 0.6) is 5.75 Å². The van der Waals surface area contributed by atoms with Gasteiger partial charge in [-0.2, -0.15) is 0 Å². The molecule has 4 nitrogen and oxygen atoms in total. The van der Waals surface area contributed by atoms with Gasteiger partial charge in [0.1, 0.15) is 17.9 Å². The fraction of sp³-hybridized carbons (Fsp3) is 0.286. The van der Waals surface area contributed by atoms with Gasteiger partial charge in [0.15, 0.2) is 0 Å². The van der Waals surface area contributed by atoms with Gasteiger partial charge in [-0.1, -0.05) is 31.5 Å². The van der Waals surface area contributed by atoms with E-state index in [2.05, 4.69) is 18.8 Å². The smallest absolute Gasteiger partial charge is 0.341 e. The molecular weight excluding hydrogens is 298 g/mol. The Kier molecular flexibility index (Phi) is 4.62. The average molecular weight is 312 g/mol. The zero-order chi connectivity index (χ0) is 14.7. The molecule has 0 spiro atoms. The Morgan fingerprint density at radius 1 is 1.50 bits per heavy atom. The molecular formula is C14H14ClNO3S. The maximum atomic E-state index is 11.2. The topological polar surface area (TPSA) is 59.4 Å². The van der Waals surface area contributed by atoms with Gasteiger partial charge in [0.25, 0.3) is 0 Å². The van der Waals surface area contributed by atoms with Crippen molar-refractivity contribution >= 4 is 28.9 Å². The molecule has 2 aromatic rings. The summed E-state index contributed by atoms with van der Waals surface area (Å²) < 4.78 is 5.54. The lowest BCUT2D eigenvalue weighted by Crippen LogP contribution is -2.04. The van der Waals surface area contributed by atoms with Gasteiger partial charge < -0.3 is 9.84 Å². The molecule has 20 heavy (non-hydrogen) atoms. The van der Waals surface area contributed by atoms with Crippen LogP contribution in [0.1, 0.15) is 40.8 Å². The Morgan fingerprint density at radius 2 is 2.25 bits per heavy atom. The van der Waals surface area contributed by atoms with Crippen LogP contribution in [0.15, 0.2) is 23.6 Å². The van der Waals surface area contributed by atoms with Crippen molar-refractivity contribution in [2.24, 2.45) is 0 Å². The van der Waals surface area contributed by atoms with E-state index in [0.29, 0.717) is 5.92 Å². The molecule has 0 atom stereocenters. The zero-order valence-electron chi connectivity index (χ0n) is 11.1. The van der Waals surface area contributed by atoms with Crippen molar-refractivity contribution in [3.63, 3.8) is 0 Å². The van der Waals surface area contributed by atoms with Crippen LogP contribution in [0.3, 0.4) is 0 Å². The number of rotatable bonds is 5. The minimum Gasteiger partial charge on any atom is -0.486 e. The van der Waals surface area contributed by atoms with Crippen LogP contribution in [-0.4, -0.2) is 16.1 Å². The first kappa shape index (κ1) is 14.8. The van der Waals surface area contributed by atoms with Crippen LogP contribution < -0.4 is 4.74 Å². The second kappa shape index (κ2) is 6.24. The Bertz CT molecular complexity index is 625. The molecule has 0 aliphatic rings. The lowest BCUT2D eigenvalue weighted by molar-refractivity contribution is 0.0692. The third kappa shape index (κ3) is 3.29. The molecule has 0 bridgehead atoms. The standard InChI is InChI=1S/C14H14ClNO3S/c1-8(2)13-16-9(7-20-13)6-19-11-5-3-4-10(15)12(11)14(17)18/h3-5,7-8H,6H2,1-2H3,(H,17,18). The largest absolute Gasteiger partial charge is 0.486 e. The second-order valence-corrected chi connectivity index (χ2v) is 5.84. The summed E-state index contributed by atoms with van der Waals surface area (Å²) in [6.45, 7) is 4.37. The summed E-state index contributed by atoms with van der Waals surface area (Å²) in [7, 11) is 0. The molecule has 0 aliphatic carbocycles. The molecule has 0 saturated carbocycles. The number of halogens is 1. The quantitative estimate of drug-likeness (QED) is 0.899. The van der Waals surface area contributed by atoms with Crippen molar-refractivity contribution in [3.05, 3.63) is 44.9 Å². The van der Waals surface area contributed by atoms with E-state index in [9.17, 15) is 4.79 Å². The van der Waals surface area contributed by atoms with Crippen molar-refractivity contribution in [1.82, 2.24) is 4.98 Å². The fourth-order valence-corrected chi connectivity index (χ4v) is 2.70. The molecule has 2 rings (SSSR count). The minimum absolute atomic E-state index is 0.0199. The maximum Gasteiger partial charge on any atom is 0.341 e. The number of nitrogens with zero attached hydrogens (tertiary/aromatic N) is 1. The van der Waals surface area contributed by atoms with Crippen LogP contribution >= 0.6 is 22.9 Å². The van der Waals surface area contributed by atoms with E-state index in [0.717, 1.165) is 10.7 Å². The number of carbonyl (C=O) groups is 1. The first-order valence-corrected chi connectivity index (χ1v) is 7.33. The number of hydrogen-bond acceptors (Lipinski definition) is 4. The number of carboxylic acids is 1. The summed E-state index contributed by atoms with van der Waals surface area (Å²) in [4.78, 5) is 15.6. The van der Waals surface area contributed by atoms with Gasteiger partial charge >= 0.3 is 5.97 Å². The highest BCUT2D eigenvalue weighted by Gasteiger charge is 2.16. The molecule has 1 heterocycles. The molecule has 0 aliphatic heterocycles. The highest BCUT2D eigenvalue weighted by Crippen LogP contribution is 2.27. The number of benzene rings is 1. The number of thiazole rings is 1. The Labute approximate surface area is 126 Å². The van der Waals surface area contributed by atoms with Crippen LogP contribution in [0.2, 0.25) is 5.02 Å². The van der Waals surface area contributed by atoms with Crippen LogP contribution in [-0.2, 0) is 6.61 Å². The lowest BCUT2D eigenvalue weighted by Gasteiger charge is -2.09. The van der Waals surface area contributed by atoms with Crippen LogP contribution in [0.25, 0.3) is 0 Å². The van der Waals surface area contributed by atoms with Gasteiger partial charge in [-0.05, 0) is 12.1 Å². The van der Waals surface area contributed by atoms with E-state index >= 15 is 0 Å². The van der Waals surface area contributed by atoms with Gasteiger partial charge in [0.2, 0.25) is 0 Å². The third-order valence-electron chi connectivity index (χ3n) is 2.63. The number of carboxylic acid groups (broad SMARTS) is 1. The van der Waals surface area contributed by atoms with Crippen molar-refractivity contribution in [3.8, 4) is 5.75 Å². The van der Waals surface area contributed by atoms with Gasteiger partial charge in [-0.15, -0.1) is 11.3 Å². The van der Waals surface area contributed by atoms with Gasteiger partial charge in [0.05, 0.1) is 15.7 Å². The molecule has 0 fully saturated rings. The number of ether oxygens (including phenoxy) is 1. The van der Waals surface area contributed by atoms with Crippen molar-refractivity contribution in [2.75, 3.05) is 0 Å². The maximum absolute atomic E-state index is 11.2. The normalized spacial score (nSPS) is 10.8. The summed E-state index contributed by atoms with van der Waals surface area (Å²) in [5, 5.41) is 12.3. The van der Waals surface area contributed by atoms with E-state index in [-0.39, 0.29) is 22.9 Å². The van der Waals surface area contributed by atoms with E-state index in [1.54, 1.807) is 23.5 Å². The van der Waals surface area contributed by atoms with Crippen molar-refractivity contribution in [2.45, 2.75) is 26.4 Å². The average Bonchev–Trinajstić information content (AvgIpc) is 2.84. The Balaban J connectivity index is 2.14. The molecule has 0 radical (unpaired) electrons. The predicted molar refractivity (Wildman–Crippen MR) is 78.9 cm³/mol. The number of aromatic carboxylic acids is 1. The first-order valence-electron chi connectivity index (χ1n) is 6.08. The molecule has 0 saturated heterocycles. The number of aromatic nitrogens is 1. The SMILES string of the molecule is CC(C)c1nc(COc2cccc(Cl)c2C(=O)O)cs1. The fourth-order valence-electron chi connectivity index (χ4n) is 1.64. The highest BCUT2D eigenvalue weighted by atomic mass is 35.5. The van der Waals surface area contributed by atoms with Gasteiger partial charge in [0, 0.05) is 11.3 Å². The summed E-state index contributed by atoms with van der Waals surface area (Å²) in [6.07, 6.45) is 0. The van der Waals surface area contributed by atoms with Crippen LogP contribution in [0.4, 0.5) is 0 Å². The van der Waals surface area contributed by atoms with E-state index in [1.165, 1.54) is 6.07 Å². The molecule has 106 valence electrons. The minimum atomic E-state index is -1.10. The summed E-state index contributed by atoms with van der Waals surface area (Å²) >= 11 is 7.45.